The van der Waals surface area contributed by atoms with Crippen LogP contribution in [0.1, 0.15) is 52.5 Å². The zero-order chi connectivity index (χ0) is 28.7. The molecule has 6 heteroatoms. The Morgan fingerprint density at radius 3 is 1.95 bits per heavy atom. The molecule has 1 fully saturated rings. The van der Waals surface area contributed by atoms with Crippen LogP contribution in [-0.4, -0.2) is 40.7 Å². The first-order valence-electron chi connectivity index (χ1n) is 14.4. The normalized spacial score (nSPS) is 18.6. The molecule has 0 radical (unpaired) electrons. The van der Waals surface area contributed by atoms with E-state index in [1.165, 1.54) is 29.9 Å². The summed E-state index contributed by atoms with van der Waals surface area (Å²) in [4.78, 5) is 15.4. The molecule has 1 amide bonds. The van der Waals surface area contributed by atoms with Crippen LogP contribution in [-0.2, 0) is 11.3 Å². The van der Waals surface area contributed by atoms with Gasteiger partial charge in [0.2, 0.25) is 5.91 Å². The summed E-state index contributed by atoms with van der Waals surface area (Å²) in [7, 11) is 1.38. The molecule has 212 valence electrons. The lowest BCUT2D eigenvalue weighted by Crippen LogP contribution is -2.57. The van der Waals surface area contributed by atoms with Crippen LogP contribution in [0.25, 0.3) is 0 Å². The van der Waals surface area contributed by atoms with E-state index in [2.05, 4.69) is 111 Å². The van der Waals surface area contributed by atoms with E-state index in [4.69, 9.17) is 12.2 Å². The lowest BCUT2D eigenvalue weighted by Gasteiger charge is -2.37. The van der Waals surface area contributed by atoms with Gasteiger partial charge in [-0.05, 0) is 73.1 Å². The third kappa shape index (κ3) is 7.71. The first kappa shape index (κ1) is 30.2. The Kier molecular flexibility index (Phi) is 10.4. The Labute approximate surface area is 247 Å². The zero-order valence-electron chi connectivity index (χ0n) is 24.5. The molecule has 0 bridgehead atoms. The average Bonchev–Trinajstić information content (AvgIpc) is 3.42. The molecule has 1 aliphatic rings. The predicted molar refractivity (Wildman–Crippen MR) is 175 cm³/mol. The highest BCUT2D eigenvalue weighted by Gasteiger charge is 2.39. The van der Waals surface area contributed by atoms with Crippen LogP contribution >= 0.6 is 20.1 Å². The molecule has 40 heavy (non-hydrogen) atoms. The zero-order valence-corrected chi connectivity index (χ0v) is 26.2. The Balaban J connectivity index is 1.46. The van der Waals surface area contributed by atoms with Crippen molar-refractivity contribution in [2.45, 2.75) is 71.2 Å². The summed E-state index contributed by atoms with van der Waals surface area (Å²) in [6.45, 7) is 9.09. The second-order valence-corrected chi connectivity index (χ2v) is 14.9. The van der Waals surface area contributed by atoms with E-state index >= 15 is 0 Å². The summed E-state index contributed by atoms with van der Waals surface area (Å²) in [6.07, 6.45) is 3.63. The van der Waals surface area contributed by atoms with Gasteiger partial charge in [-0.1, -0.05) is 118 Å². The number of hydrogen-bond donors (Lipinski definition) is 2. The Morgan fingerprint density at radius 2 is 1.43 bits per heavy atom. The van der Waals surface area contributed by atoms with Crippen LogP contribution in [0.2, 0.25) is 0 Å². The molecule has 1 aliphatic carbocycles. The largest absolute Gasteiger partial charge is 0.360 e. The molecule has 4 atom stereocenters. The van der Waals surface area contributed by atoms with E-state index in [1.807, 2.05) is 25.2 Å². The molecule has 0 spiro atoms. The highest BCUT2D eigenvalue weighted by molar-refractivity contribution is 7.80. The summed E-state index contributed by atoms with van der Waals surface area (Å²) in [5, 5.41) is 10.5. The second kappa shape index (κ2) is 13.7. The van der Waals surface area contributed by atoms with Gasteiger partial charge in [0, 0.05) is 19.6 Å². The first-order valence-corrected chi connectivity index (χ1v) is 16.2. The van der Waals surface area contributed by atoms with Crippen LogP contribution in [0.15, 0.2) is 91.0 Å². The van der Waals surface area contributed by atoms with E-state index in [9.17, 15) is 4.79 Å². The van der Waals surface area contributed by atoms with Crippen molar-refractivity contribution >= 4 is 41.8 Å². The van der Waals surface area contributed by atoms with Crippen LogP contribution in [0.5, 0.6) is 0 Å². The molecule has 0 saturated heterocycles. The van der Waals surface area contributed by atoms with Crippen LogP contribution in [0, 0.1) is 11.3 Å². The maximum atomic E-state index is 13.6. The van der Waals surface area contributed by atoms with E-state index in [1.54, 1.807) is 4.90 Å². The third-order valence-corrected chi connectivity index (χ3v) is 11.2. The minimum Gasteiger partial charge on any atom is -0.360 e. The maximum absolute atomic E-state index is 13.6. The topological polar surface area (TPSA) is 44.4 Å². The number of nitrogens with zero attached hydrogens (tertiary/aromatic N) is 1. The molecule has 0 aliphatic heterocycles. The van der Waals surface area contributed by atoms with Gasteiger partial charge in [0.15, 0.2) is 5.11 Å². The van der Waals surface area contributed by atoms with Crippen molar-refractivity contribution < 1.29 is 4.79 Å². The van der Waals surface area contributed by atoms with Crippen molar-refractivity contribution in [1.29, 1.82) is 0 Å². The fourth-order valence-electron chi connectivity index (χ4n) is 5.87. The first-order chi connectivity index (χ1) is 19.1. The lowest BCUT2D eigenvalue weighted by atomic mass is 9.86. The molecule has 4 nitrogen and oxygen atoms in total. The molecule has 3 aromatic carbocycles. The number of benzene rings is 3. The summed E-state index contributed by atoms with van der Waals surface area (Å²) >= 11 is 5.85. The van der Waals surface area contributed by atoms with Gasteiger partial charge in [0.1, 0.15) is 6.04 Å². The number of likely N-dealkylation sites (N-methyl/N-ethyl adjacent to an activating group) is 1. The monoisotopic (exact) mass is 573 g/mol. The molecule has 3 aromatic rings. The van der Waals surface area contributed by atoms with Crippen LogP contribution < -0.4 is 21.2 Å². The van der Waals surface area contributed by atoms with Gasteiger partial charge in [-0.3, -0.25) is 4.79 Å². The van der Waals surface area contributed by atoms with Crippen molar-refractivity contribution in [3.8, 4) is 0 Å². The molecule has 0 heterocycles. The molecule has 4 rings (SSSR count). The van der Waals surface area contributed by atoms with Gasteiger partial charge in [0.05, 0.1) is 0 Å². The Hall–Kier alpha value is -2.75. The number of rotatable bonds is 9. The van der Waals surface area contributed by atoms with Crippen molar-refractivity contribution in [2.75, 3.05) is 7.05 Å². The van der Waals surface area contributed by atoms with Crippen molar-refractivity contribution in [1.82, 2.24) is 15.5 Å². The van der Waals surface area contributed by atoms with Crippen molar-refractivity contribution in [2.24, 2.45) is 11.3 Å². The highest BCUT2D eigenvalue weighted by Crippen LogP contribution is 2.51. The van der Waals surface area contributed by atoms with Gasteiger partial charge in [-0.2, -0.15) is 0 Å². The standard InChI is InChI=1S/C34H44N3OPS/c1-25(29-22-15-23-30(29)39(27-18-11-7-12-19-27)28-20-13-8-14-21-28)35-33(40)36-31(34(2,3)4)32(38)37(5)24-26-16-9-6-10-17-26/h6-14,16-21,25,29-31H,15,22-24H2,1-5H3,(H2,35,36,40)/t25-,29+,30?,31+/m1/s1. The van der Waals surface area contributed by atoms with Gasteiger partial charge < -0.3 is 15.5 Å². The second-order valence-electron chi connectivity index (χ2n) is 12.1. The fraction of sp³-hybridized carbons (Fsp3) is 0.412. The summed E-state index contributed by atoms with van der Waals surface area (Å²) in [5.41, 5.74) is 1.38. The maximum Gasteiger partial charge on any atom is 0.245 e. The molecular formula is C34H44N3OPS. The molecule has 1 unspecified atom stereocenters. The minimum absolute atomic E-state index is 0.0450. The quantitative estimate of drug-likeness (QED) is 0.236. The smallest absolute Gasteiger partial charge is 0.245 e. The Bertz CT molecular complexity index is 1190. The number of carbonyl (C=O) groups is 1. The summed E-state index contributed by atoms with van der Waals surface area (Å²) in [5.74, 6) is 0.541. The SMILES string of the molecule is C[C@@H](NC(=S)N[C@@H](C(=O)N(C)Cc1ccccc1)C(C)(C)C)[C@@H]1CCCC1P(c1ccccc1)c1ccccc1. The van der Waals surface area contributed by atoms with Gasteiger partial charge >= 0.3 is 0 Å². The van der Waals surface area contributed by atoms with Gasteiger partial charge in [0.25, 0.3) is 0 Å². The van der Waals surface area contributed by atoms with E-state index in [0.717, 1.165) is 5.56 Å². The Morgan fingerprint density at radius 1 is 0.900 bits per heavy atom. The predicted octanol–water partition coefficient (Wildman–Crippen LogP) is 6.21. The summed E-state index contributed by atoms with van der Waals surface area (Å²) < 4.78 is 0. The highest BCUT2D eigenvalue weighted by atomic mass is 32.1. The number of thiocarbonyl (C=S) groups is 1. The number of amides is 1. The number of carbonyl (C=O) groups excluding carboxylic acids is 1. The fourth-order valence-corrected chi connectivity index (χ4v) is 9.46. The third-order valence-electron chi connectivity index (χ3n) is 7.96. The molecular weight excluding hydrogens is 529 g/mol. The van der Waals surface area contributed by atoms with E-state index < -0.39 is 14.0 Å². The van der Waals surface area contributed by atoms with E-state index in [0.29, 0.717) is 23.2 Å². The van der Waals surface area contributed by atoms with Crippen molar-refractivity contribution in [3.63, 3.8) is 0 Å². The van der Waals surface area contributed by atoms with Gasteiger partial charge in [-0.25, -0.2) is 0 Å². The van der Waals surface area contributed by atoms with Crippen molar-refractivity contribution in [3.05, 3.63) is 96.6 Å². The summed E-state index contributed by atoms with van der Waals surface area (Å²) in [6, 6.07) is 31.9. The van der Waals surface area contributed by atoms with Crippen LogP contribution in [0.4, 0.5) is 0 Å². The molecule has 1 saturated carbocycles. The lowest BCUT2D eigenvalue weighted by molar-refractivity contribution is -0.134. The molecule has 2 N–H and O–H groups in total. The molecule has 0 aromatic heterocycles. The number of nitrogens with one attached hydrogen (secondary N) is 2. The van der Waals surface area contributed by atoms with Gasteiger partial charge in [-0.15, -0.1) is 0 Å². The van der Waals surface area contributed by atoms with E-state index in [-0.39, 0.29) is 17.4 Å². The minimum atomic E-state index is -0.492. The average molecular weight is 574 g/mol. The van der Waals surface area contributed by atoms with Crippen LogP contribution in [0.3, 0.4) is 0 Å². The number of hydrogen-bond acceptors (Lipinski definition) is 2.